The molecule has 0 radical (unpaired) electrons. The lowest BCUT2D eigenvalue weighted by Crippen LogP contribution is -2.21. The molecule has 136 valence electrons. The Hall–Kier alpha value is -3.35. The van der Waals surface area contributed by atoms with Gasteiger partial charge in [0.1, 0.15) is 0 Å². The highest BCUT2D eigenvalue weighted by Gasteiger charge is 2.05. The first-order chi connectivity index (χ1) is 12.5. The summed E-state index contributed by atoms with van der Waals surface area (Å²) in [5.41, 5.74) is 2.69. The van der Waals surface area contributed by atoms with E-state index in [0.29, 0.717) is 23.5 Å². The fourth-order valence-electron chi connectivity index (χ4n) is 2.19. The van der Waals surface area contributed by atoms with Crippen LogP contribution in [0.2, 0.25) is 0 Å². The molecule has 3 amide bonds. The number of hydrogen-bond acceptors (Lipinski definition) is 4. The molecule has 0 spiro atoms. The van der Waals surface area contributed by atoms with Gasteiger partial charge >= 0.3 is 0 Å². The van der Waals surface area contributed by atoms with Crippen LogP contribution < -0.4 is 21.3 Å². The third-order valence-electron chi connectivity index (χ3n) is 3.41. The van der Waals surface area contributed by atoms with Crippen molar-refractivity contribution in [3.8, 4) is 0 Å². The fourth-order valence-corrected chi connectivity index (χ4v) is 2.19. The Morgan fingerprint density at radius 2 is 1.35 bits per heavy atom. The molecule has 0 aromatic heterocycles. The van der Waals surface area contributed by atoms with Crippen LogP contribution in [0.1, 0.15) is 20.3 Å². The Morgan fingerprint density at radius 1 is 0.769 bits per heavy atom. The topological polar surface area (TPSA) is 99.3 Å². The molecule has 0 saturated carbocycles. The Morgan fingerprint density at radius 3 is 1.92 bits per heavy atom. The molecule has 2 aromatic rings. The van der Waals surface area contributed by atoms with E-state index in [1.54, 1.807) is 55.5 Å². The summed E-state index contributed by atoms with van der Waals surface area (Å²) in [6.45, 7) is 3.31. The van der Waals surface area contributed by atoms with E-state index in [9.17, 15) is 14.4 Å². The van der Waals surface area contributed by atoms with Crippen LogP contribution in [0, 0.1) is 0 Å². The van der Waals surface area contributed by atoms with Crippen LogP contribution in [0.15, 0.2) is 48.5 Å². The summed E-state index contributed by atoms with van der Waals surface area (Å²) in [5, 5.41) is 11.2. The minimum absolute atomic E-state index is 0.0853. The summed E-state index contributed by atoms with van der Waals surface area (Å²) >= 11 is 0. The van der Waals surface area contributed by atoms with Gasteiger partial charge in [-0.05, 0) is 42.5 Å². The summed E-state index contributed by atoms with van der Waals surface area (Å²) in [6, 6.07) is 14.0. The third kappa shape index (κ3) is 6.27. The lowest BCUT2D eigenvalue weighted by molar-refractivity contribution is -0.116. The lowest BCUT2D eigenvalue weighted by atomic mass is 10.2. The zero-order valence-electron chi connectivity index (χ0n) is 14.8. The molecular formula is C19H22N4O3. The van der Waals surface area contributed by atoms with Crippen LogP contribution in [0.4, 0.5) is 22.7 Å². The van der Waals surface area contributed by atoms with Crippen molar-refractivity contribution in [1.82, 2.24) is 0 Å². The minimum atomic E-state index is -0.213. The molecule has 7 heteroatoms. The molecule has 0 heterocycles. The Balaban J connectivity index is 1.86. The van der Waals surface area contributed by atoms with Gasteiger partial charge in [0.25, 0.3) is 0 Å². The Bertz CT molecular complexity index is 788. The van der Waals surface area contributed by atoms with E-state index in [1.807, 2.05) is 0 Å². The average molecular weight is 354 g/mol. The van der Waals surface area contributed by atoms with Crippen molar-refractivity contribution in [2.45, 2.75) is 20.3 Å². The third-order valence-corrected chi connectivity index (χ3v) is 3.41. The first-order valence-electron chi connectivity index (χ1n) is 8.27. The van der Waals surface area contributed by atoms with Crippen molar-refractivity contribution in [3.05, 3.63) is 48.5 Å². The van der Waals surface area contributed by atoms with Crippen LogP contribution in [-0.2, 0) is 14.4 Å². The highest BCUT2D eigenvalue weighted by atomic mass is 16.2. The fraction of sp³-hybridized carbons (Fsp3) is 0.211. The number of anilines is 4. The van der Waals surface area contributed by atoms with Gasteiger partial charge in [0.05, 0.1) is 6.54 Å². The molecule has 2 rings (SSSR count). The van der Waals surface area contributed by atoms with Gasteiger partial charge in [0, 0.05) is 36.1 Å². The van der Waals surface area contributed by atoms with E-state index in [-0.39, 0.29) is 24.3 Å². The van der Waals surface area contributed by atoms with E-state index in [4.69, 9.17) is 0 Å². The van der Waals surface area contributed by atoms with Gasteiger partial charge in [0.15, 0.2) is 0 Å². The van der Waals surface area contributed by atoms with E-state index in [2.05, 4.69) is 21.3 Å². The molecule has 2 aromatic carbocycles. The molecule has 4 N–H and O–H groups in total. The maximum Gasteiger partial charge on any atom is 0.243 e. The van der Waals surface area contributed by atoms with Crippen molar-refractivity contribution in [2.75, 3.05) is 27.8 Å². The van der Waals surface area contributed by atoms with Crippen molar-refractivity contribution < 1.29 is 14.4 Å². The Kier molecular flexibility index (Phi) is 6.73. The second-order valence-electron chi connectivity index (χ2n) is 5.64. The first kappa shape index (κ1) is 19.0. The van der Waals surface area contributed by atoms with Crippen molar-refractivity contribution in [2.24, 2.45) is 0 Å². The summed E-state index contributed by atoms with van der Waals surface area (Å²) in [6.07, 6.45) is 0.390. The molecular weight excluding hydrogens is 332 g/mol. The standard InChI is InChI=1S/C19H22N4O3/c1-3-18(25)22-16-5-4-6-17(11-16)23-19(26)12-20-14-7-9-15(10-8-14)21-13(2)24/h4-11,20H,3,12H2,1-2H3,(H,21,24)(H,22,25)(H,23,26). The van der Waals surface area contributed by atoms with Crippen LogP contribution in [0.3, 0.4) is 0 Å². The summed E-state index contributed by atoms with van der Waals surface area (Å²) in [7, 11) is 0. The smallest absolute Gasteiger partial charge is 0.243 e. The number of hydrogen-bond donors (Lipinski definition) is 4. The monoisotopic (exact) mass is 354 g/mol. The van der Waals surface area contributed by atoms with Crippen molar-refractivity contribution in [3.63, 3.8) is 0 Å². The molecule has 0 bridgehead atoms. The SMILES string of the molecule is CCC(=O)Nc1cccc(NC(=O)CNc2ccc(NC(C)=O)cc2)c1. The molecule has 0 fully saturated rings. The van der Waals surface area contributed by atoms with Gasteiger partial charge in [-0.1, -0.05) is 13.0 Å². The molecule has 0 aliphatic heterocycles. The van der Waals surface area contributed by atoms with Gasteiger partial charge in [-0.15, -0.1) is 0 Å². The highest BCUT2D eigenvalue weighted by molar-refractivity contribution is 5.95. The van der Waals surface area contributed by atoms with Crippen LogP contribution in [-0.4, -0.2) is 24.3 Å². The van der Waals surface area contributed by atoms with E-state index < -0.39 is 0 Å². The number of benzene rings is 2. The number of rotatable bonds is 7. The van der Waals surface area contributed by atoms with Crippen molar-refractivity contribution in [1.29, 1.82) is 0 Å². The minimum Gasteiger partial charge on any atom is -0.376 e. The second-order valence-corrected chi connectivity index (χ2v) is 5.64. The maximum absolute atomic E-state index is 12.1. The Labute approximate surface area is 152 Å². The van der Waals surface area contributed by atoms with E-state index in [0.717, 1.165) is 5.69 Å². The van der Waals surface area contributed by atoms with Crippen LogP contribution in [0.5, 0.6) is 0 Å². The highest BCUT2D eigenvalue weighted by Crippen LogP contribution is 2.16. The summed E-state index contributed by atoms with van der Waals surface area (Å²) in [4.78, 5) is 34.5. The summed E-state index contributed by atoms with van der Waals surface area (Å²) in [5.74, 6) is -0.435. The maximum atomic E-state index is 12.1. The summed E-state index contributed by atoms with van der Waals surface area (Å²) < 4.78 is 0. The van der Waals surface area contributed by atoms with Crippen LogP contribution in [0.25, 0.3) is 0 Å². The number of nitrogens with one attached hydrogen (secondary N) is 4. The largest absolute Gasteiger partial charge is 0.376 e. The van der Waals surface area contributed by atoms with Gasteiger partial charge in [-0.2, -0.15) is 0 Å². The predicted octanol–water partition coefficient (Wildman–Crippen LogP) is 3.04. The van der Waals surface area contributed by atoms with Crippen LogP contribution >= 0.6 is 0 Å². The van der Waals surface area contributed by atoms with Gasteiger partial charge in [-0.25, -0.2) is 0 Å². The van der Waals surface area contributed by atoms with Gasteiger partial charge < -0.3 is 21.3 Å². The lowest BCUT2D eigenvalue weighted by Gasteiger charge is -2.10. The molecule has 0 unspecified atom stereocenters. The molecule has 0 atom stereocenters. The first-order valence-corrected chi connectivity index (χ1v) is 8.27. The molecule has 26 heavy (non-hydrogen) atoms. The van der Waals surface area contributed by atoms with Gasteiger partial charge in [0.2, 0.25) is 17.7 Å². The predicted molar refractivity (Wildman–Crippen MR) is 103 cm³/mol. The quantitative estimate of drug-likeness (QED) is 0.614. The molecule has 0 aliphatic rings. The molecule has 0 aliphatic carbocycles. The zero-order valence-corrected chi connectivity index (χ0v) is 14.8. The molecule has 7 nitrogen and oxygen atoms in total. The number of carbonyl (C=O) groups excluding carboxylic acids is 3. The number of amides is 3. The average Bonchev–Trinajstić information content (AvgIpc) is 2.61. The van der Waals surface area contributed by atoms with Gasteiger partial charge in [-0.3, -0.25) is 14.4 Å². The van der Waals surface area contributed by atoms with Crippen molar-refractivity contribution >= 4 is 40.5 Å². The van der Waals surface area contributed by atoms with E-state index >= 15 is 0 Å². The normalized spacial score (nSPS) is 9.92. The van der Waals surface area contributed by atoms with E-state index in [1.165, 1.54) is 6.92 Å². The second kappa shape index (κ2) is 9.22. The molecule has 0 saturated heterocycles. The zero-order chi connectivity index (χ0) is 18.9. The number of carbonyl (C=O) groups is 3.